The van der Waals surface area contributed by atoms with Crippen LogP contribution in [0.4, 0.5) is 0 Å². The molecule has 1 unspecified atom stereocenters. The summed E-state index contributed by atoms with van der Waals surface area (Å²) < 4.78 is 0. The van der Waals surface area contributed by atoms with E-state index in [4.69, 9.17) is 0 Å². The molecule has 1 saturated heterocycles. The Kier molecular flexibility index (Phi) is 3.50. The predicted octanol–water partition coefficient (Wildman–Crippen LogP) is -0.195. The van der Waals surface area contributed by atoms with Crippen molar-refractivity contribution in [2.45, 2.75) is 32.4 Å². The second-order valence-corrected chi connectivity index (χ2v) is 4.87. The van der Waals surface area contributed by atoms with Gasteiger partial charge in [-0.2, -0.15) is 0 Å². The summed E-state index contributed by atoms with van der Waals surface area (Å²) in [5.41, 5.74) is 0.0732. The minimum atomic E-state index is 0.0732. The quantitative estimate of drug-likeness (QED) is 0.647. The Balaban J connectivity index is 2.58. The van der Waals surface area contributed by atoms with Gasteiger partial charge in [0.2, 0.25) is 5.91 Å². The van der Waals surface area contributed by atoms with Gasteiger partial charge < -0.3 is 10.6 Å². The molecule has 82 valence electrons. The lowest BCUT2D eigenvalue weighted by molar-refractivity contribution is -0.127. The number of nitrogens with zero attached hydrogens (tertiary/aromatic N) is 1. The topological polar surface area (TPSA) is 44.4 Å². The minimum Gasteiger partial charge on any atom is -0.350 e. The van der Waals surface area contributed by atoms with Crippen LogP contribution in [-0.2, 0) is 4.79 Å². The van der Waals surface area contributed by atoms with Crippen LogP contribution in [0.2, 0.25) is 0 Å². The van der Waals surface area contributed by atoms with Gasteiger partial charge in [-0.15, -0.1) is 0 Å². The molecule has 0 aliphatic carbocycles. The van der Waals surface area contributed by atoms with Crippen molar-refractivity contribution in [1.29, 1.82) is 0 Å². The second-order valence-electron chi connectivity index (χ2n) is 4.87. The zero-order chi connectivity index (χ0) is 10.8. The Bertz CT molecular complexity index is 210. The molecule has 14 heavy (non-hydrogen) atoms. The fraction of sp³-hybridized carbons (Fsp3) is 0.900. The molecule has 0 aromatic carbocycles. The monoisotopic (exact) mass is 199 g/mol. The van der Waals surface area contributed by atoms with Crippen LogP contribution in [0.3, 0.4) is 0 Å². The molecule has 1 fully saturated rings. The number of piperazine rings is 1. The Morgan fingerprint density at radius 2 is 2.21 bits per heavy atom. The number of carbonyl (C=O) groups is 1. The molecule has 1 heterocycles. The Morgan fingerprint density at radius 3 is 2.71 bits per heavy atom. The number of hydrogen-bond acceptors (Lipinski definition) is 3. The van der Waals surface area contributed by atoms with E-state index in [2.05, 4.69) is 36.3 Å². The van der Waals surface area contributed by atoms with Crippen LogP contribution >= 0.6 is 0 Å². The van der Waals surface area contributed by atoms with Gasteiger partial charge in [-0.3, -0.25) is 9.69 Å². The van der Waals surface area contributed by atoms with Gasteiger partial charge in [0.1, 0.15) is 0 Å². The van der Waals surface area contributed by atoms with Gasteiger partial charge in [0, 0.05) is 18.6 Å². The van der Waals surface area contributed by atoms with Crippen LogP contribution in [0.15, 0.2) is 0 Å². The van der Waals surface area contributed by atoms with Crippen molar-refractivity contribution in [2.75, 3.05) is 26.7 Å². The van der Waals surface area contributed by atoms with Crippen LogP contribution in [0.25, 0.3) is 0 Å². The molecule has 0 saturated carbocycles. The predicted molar refractivity (Wildman–Crippen MR) is 57.2 cm³/mol. The lowest BCUT2D eigenvalue weighted by Crippen LogP contribution is -2.61. The number of amides is 1. The molecule has 1 atom stereocenters. The third-order valence-corrected chi connectivity index (χ3v) is 2.54. The maximum absolute atomic E-state index is 11.4. The second kappa shape index (κ2) is 4.28. The van der Waals surface area contributed by atoms with E-state index < -0.39 is 0 Å². The largest absolute Gasteiger partial charge is 0.350 e. The summed E-state index contributed by atoms with van der Waals surface area (Å²) in [5.74, 6) is 0.131. The molecule has 2 N–H and O–H groups in total. The average Bonchev–Trinajstić information content (AvgIpc) is 2.02. The van der Waals surface area contributed by atoms with Crippen LogP contribution < -0.4 is 10.6 Å². The SMILES string of the molecule is CNCC1CN(C(C)(C)C)CC(=O)N1. The first-order valence-electron chi connectivity index (χ1n) is 5.12. The summed E-state index contributed by atoms with van der Waals surface area (Å²) in [6.45, 7) is 8.70. The van der Waals surface area contributed by atoms with Gasteiger partial charge in [-0.05, 0) is 27.8 Å². The highest BCUT2D eigenvalue weighted by Gasteiger charge is 2.30. The average molecular weight is 199 g/mol. The smallest absolute Gasteiger partial charge is 0.234 e. The number of rotatable bonds is 2. The third kappa shape index (κ3) is 2.96. The first-order chi connectivity index (χ1) is 6.43. The van der Waals surface area contributed by atoms with E-state index in [0.29, 0.717) is 6.54 Å². The van der Waals surface area contributed by atoms with E-state index in [1.54, 1.807) is 0 Å². The van der Waals surface area contributed by atoms with Gasteiger partial charge >= 0.3 is 0 Å². The van der Waals surface area contributed by atoms with E-state index in [-0.39, 0.29) is 17.5 Å². The summed E-state index contributed by atoms with van der Waals surface area (Å²) >= 11 is 0. The highest BCUT2D eigenvalue weighted by Crippen LogP contribution is 2.15. The number of carbonyl (C=O) groups excluding carboxylic acids is 1. The molecule has 0 radical (unpaired) electrons. The van der Waals surface area contributed by atoms with Crippen molar-refractivity contribution < 1.29 is 4.79 Å². The van der Waals surface area contributed by atoms with Crippen LogP contribution in [0.5, 0.6) is 0 Å². The molecule has 0 aromatic heterocycles. The molecule has 1 aliphatic heterocycles. The summed E-state index contributed by atoms with van der Waals surface area (Å²) in [4.78, 5) is 13.6. The fourth-order valence-corrected chi connectivity index (χ4v) is 1.70. The van der Waals surface area contributed by atoms with Gasteiger partial charge in [-0.1, -0.05) is 0 Å². The Labute approximate surface area is 86.0 Å². The molecule has 0 bridgehead atoms. The maximum atomic E-state index is 11.4. The molecule has 1 aliphatic rings. The van der Waals surface area contributed by atoms with Crippen LogP contribution in [0.1, 0.15) is 20.8 Å². The Morgan fingerprint density at radius 1 is 1.57 bits per heavy atom. The van der Waals surface area contributed by atoms with Crippen LogP contribution in [-0.4, -0.2) is 49.1 Å². The van der Waals surface area contributed by atoms with E-state index >= 15 is 0 Å². The van der Waals surface area contributed by atoms with Gasteiger partial charge in [-0.25, -0.2) is 0 Å². The van der Waals surface area contributed by atoms with Crippen molar-refractivity contribution >= 4 is 5.91 Å². The fourth-order valence-electron chi connectivity index (χ4n) is 1.70. The minimum absolute atomic E-state index is 0.0732. The summed E-state index contributed by atoms with van der Waals surface area (Å²) in [6, 6.07) is 0.237. The first-order valence-corrected chi connectivity index (χ1v) is 5.12. The van der Waals surface area contributed by atoms with Crippen molar-refractivity contribution in [3.8, 4) is 0 Å². The lowest BCUT2D eigenvalue weighted by atomic mass is 10.0. The molecule has 0 spiro atoms. The van der Waals surface area contributed by atoms with Crippen molar-refractivity contribution in [3.63, 3.8) is 0 Å². The van der Waals surface area contributed by atoms with Crippen LogP contribution in [0, 0.1) is 0 Å². The van der Waals surface area contributed by atoms with Crippen molar-refractivity contribution in [3.05, 3.63) is 0 Å². The van der Waals surface area contributed by atoms with E-state index in [0.717, 1.165) is 13.1 Å². The van der Waals surface area contributed by atoms with Gasteiger partial charge in [0.25, 0.3) is 0 Å². The zero-order valence-corrected chi connectivity index (χ0v) is 9.55. The number of likely N-dealkylation sites (N-methyl/N-ethyl adjacent to an activating group) is 1. The summed E-state index contributed by atoms with van der Waals surface area (Å²) in [7, 11) is 1.90. The molecule has 1 rings (SSSR count). The van der Waals surface area contributed by atoms with E-state index in [1.165, 1.54) is 0 Å². The summed E-state index contributed by atoms with van der Waals surface area (Å²) in [5, 5.41) is 6.06. The number of nitrogens with one attached hydrogen (secondary N) is 2. The zero-order valence-electron chi connectivity index (χ0n) is 9.55. The highest BCUT2D eigenvalue weighted by atomic mass is 16.2. The molecular formula is C10H21N3O. The van der Waals surface area contributed by atoms with Crippen molar-refractivity contribution in [2.24, 2.45) is 0 Å². The van der Waals surface area contributed by atoms with E-state index in [9.17, 15) is 4.79 Å². The molecule has 4 heteroatoms. The van der Waals surface area contributed by atoms with Gasteiger partial charge in [0.15, 0.2) is 0 Å². The Hall–Kier alpha value is -0.610. The standard InChI is InChI=1S/C10H21N3O/c1-10(2,3)13-6-8(5-11-4)12-9(14)7-13/h8,11H,5-7H2,1-4H3,(H,12,14). The van der Waals surface area contributed by atoms with Crippen molar-refractivity contribution in [1.82, 2.24) is 15.5 Å². The third-order valence-electron chi connectivity index (χ3n) is 2.54. The van der Waals surface area contributed by atoms with E-state index in [1.807, 2.05) is 7.05 Å². The molecule has 4 nitrogen and oxygen atoms in total. The first kappa shape index (κ1) is 11.5. The lowest BCUT2D eigenvalue weighted by Gasteiger charge is -2.41. The molecule has 0 aromatic rings. The summed E-state index contributed by atoms with van der Waals surface area (Å²) in [6.07, 6.45) is 0. The maximum Gasteiger partial charge on any atom is 0.234 e. The van der Waals surface area contributed by atoms with Gasteiger partial charge in [0.05, 0.1) is 12.6 Å². The normalized spacial score (nSPS) is 24.9. The highest BCUT2D eigenvalue weighted by molar-refractivity contribution is 5.79. The number of hydrogen-bond donors (Lipinski definition) is 2. The molecular weight excluding hydrogens is 178 g/mol. The molecule has 1 amide bonds.